The van der Waals surface area contributed by atoms with Crippen LogP contribution in [-0.4, -0.2) is 31.9 Å². The van der Waals surface area contributed by atoms with E-state index in [1.54, 1.807) is 30.1 Å². The molecule has 6 heteroatoms. The van der Waals surface area contributed by atoms with Crippen molar-refractivity contribution in [2.24, 2.45) is 0 Å². The largest absolute Gasteiger partial charge is 0.331 e. The molecule has 4 rings (SSSR count). The van der Waals surface area contributed by atoms with E-state index in [1.807, 2.05) is 27.8 Å². The van der Waals surface area contributed by atoms with E-state index < -0.39 is 0 Å². The molecule has 1 aliphatic rings. The Hall–Kier alpha value is -2.47. The lowest BCUT2D eigenvalue weighted by molar-refractivity contribution is 0.0679. The Morgan fingerprint density at radius 3 is 3.00 bits per heavy atom. The molecule has 1 amide bonds. The van der Waals surface area contributed by atoms with Crippen molar-refractivity contribution in [2.75, 3.05) is 6.54 Å². The average Bonchev–Trinajstić information content (AvgIpc) is 3.27. The average molecular weight is 324 g/mol. The minimum Gasteiger partial charge on any atom is -0.331 e. The fourth-order valence-corrected chi connectivity index (χ4v) is 3.98. The first-order valence-electron chi connectivity index (χ1n) is 7.55. The van der Waals surface area contributed by atoms with Crippen molar-refractivity contribution in [3.8, 4) is 5.82 Å². The van der Waals surface area contributed by atoms with Crippen LogP contribution in [0.25, 0.3) is 5.82 Å². The number of aromatic nitrogens is 3. The summed E-state index contributed by atoms with van der Waals surface area (Å²) in [6, 6.07) is 5.93. The summed E-state index contributed by atoms with van der Waals surface area (Å²) in [7, 11) is 0. The van der Waals surface area contributed by atoms with Crippen LogP contribution in [0.5, 0.6) is 0 Å². The van der Waals surface area contributed by atoms with Gasteiger partial charge >= 0.3 is 0 Å². The number of pyridine rings is 1. The topological polar surface area (TPSA) is 51.0 Å². The molecular weight excluding hydrogens is 308 g/mol. The highest BCUT2D eigenvalue weighted by molar-refractivity contribution is 7.10. The maximum Gasteiger partial charge on any atom is 0.255 e. The van der Waals surface area contributed by atoms with Gasteiger partial charge in [0.1, 0.15) is 12.1 Å². The van der Waals surface area contributed by atoms with Crippen LogP contribution in [0.4, 0.5) is 0 Å². The molecule has 0 aliphatic carbocycles. The number of hydrogen-bond donors (Lipinski definition) is 0. The summed E-state index contributed by atoms with van der Waals surface area (Å²) >= 11 is 1.78. The number of amides is 1. The lowest BCUT2D eigenvalue weighted by Crippen LogP contribution is -2.38. The molecule has 3 aromatic heterocycles. The van der Waals surface area contributed by atoms with E-state index >= 15 is 0 Å². The number of carbonyl (C=O) groups is 1. The molecule has 0 saturated carbocycles. The van der Waals surface area contributed by atoms with Crippen LogP contribution in [0.3, 0.4) is 0 Å². The summed E-state index contributed by atoms with van der Waals surface area (Å²) in [5.74, 6) is 0.796. The monoisotopic (exact) mass is 324 g/mol. The maximum atomic E-state index is 12.8. The molecule has 1 aliphatic heterocycles. The quantitative estimate of drug-likeness (QED) is 0.728. The Kier molecular flexibility index (Phi) is 3.46. The van der Waals surface area contributed by atoms with Crippen LogP contribution in [-0.2, 0) is 6.42 Å². The predicted octanol–water partition coefficient (Wildman–Crippen LogP) is 3.09. The highest BCUT2D eigenvalue weighted by atomic mass is 32.1. The molecule has 0 saturated heterocycles. The summed E-state index contributed by atoms with van der Waals surface area (Å²) in [5.41, 5.74) is 1.90. The number of nitrogens with zero attached hydrogens (tertiary/aromatic N) is 4. The van der Waals surface area contributed by atoms with E-state index in [4.69, 9.17) is 0 Å². The van der Waals surface area contributed by atoms with Crippen molar-refractivity contribution in [3.63, 3.8) is 0 Å². The molecule has 5 nitrogen and oxygen atoms in total. The zero-order valence-corrected chi connectivity index (χ0v) is 13.5. The number of imidazole rings is 1. The van der Waals surface area contributed by atoms with Gasteiger partial charge in [0.2, 0.25) is 0 Å². The van der Waals surface area contributed by atoms with Crippen LogP contribution in [0.2, 0.25) is 0 Å². The van der Waals surface area contributed by atoms with Gasteiger partial charge < -0.3 is 4.90 Å². The van der Waals surface area contributed by atoms with E-state index in [0.29, 0.717) is 5.56 Å². The first-order chi connectivity index (χ1) is 11.2. The first-order valence-corrected chi connectivity index (χ1v) is 8.43. The molecular formula is C17H16N4OS. The van der Waals surface area contributed by atoms with Crippen molar-refractivity contribution in [3.05, 3.63) is 64.5 Å². The van der Waals surface area contributed by atoms with Crippen LogP contribution in [0, 0.1) is 0 Å². The standard InChI is InChI=1S/C17H16N4OS/c1-12-14-5-9-23-15(14)4-7-21(12)17(22)13-2-3-16(19-10-13)20-8-6-18-11-20/h2-3,5-6,8-12H,4,7H2,1H3/t12-/m0/s1. The van der Waals surface area contributed by atoms with E-state index in [1.165, 1.54) is 10.4 Å². The summed E-state index contributed by atoms with van der Waals surface area (Å²) in [6.45, 7) is 2.85. The Balaban J connectivity index is 1.58. The van der Waals surface area contributed by atoms with Gasteiger partial charge in [-0.05, 0) is 42.5 Å². The molecule has 0 spiro atoms. The number of rotatable bonds is 2. The van der Waals surface area contributed by atoms with E-state index in [9.17, 15) is 4.79 Å². The van der Waals surface area contributed by atoms with E-state index in [0.717, 1.165) is 18.8 Å². The summed E-state index contributed by atoms with van der Waals surface area (Å²) < 4.78 is 1.81. The molecule has 4 heterocycles. The maximum absolute atomic E-state index is 12.8. The van der Waals surface area contributed by atoms with Crippen molar-refractivity contribution >= 4 is 17.2 Å². The number of hydrogen-bond acceptors (Lipinski definition) is 4. The van der Waals surface area contributed by atoms with Crippen molar-refractivity contribution in [1.82, 2.24) is 19.4 Å². The lowest BCUT2D eigenvalue weighted by atomic mass is 10.0. The second-order valence-corrected chi connectivity index (χ2v) is 6.60. The molecule has 0 aromatic carbocycles. The first kappa shape index (κ1) is 14.1. The number of fused-ring (bicyclic) bond motifs is 1. The SMILES string of the molecule is C[C@H]1c2ccsc2CCN1C(=O)c1ccc(-n2ccnc2)nc1. The fraction of sp³-hybridized carbons (Fsp3) is 0.235. The van der Waals surface area contributed by atoms with Gasteiger partial charge in [-0.2, -0.15) is 0 Å². The Labute approximate surface area is 138 Å². The van der Waals surface area contributed by atoms with Gasteiger partial charge in [-0.15, -0.1) is 11.3 Å². The predicted molar refractivity (Wildman–Crippen MR) is 88.8 cm³/mol. The summed E-state index contributed by atoms with van der Waals surface area (Å²) in [4.78, 5) is 24.5. The number of thiophene rings is 1. The minimum absolute atomic E-state index is 0.0408. The minimum atomic E-state index is 0.0408. The summed E-state index contributed by atoms with van der Waals surface area (Å²) in [5, 5.41) is 2.11. The van der Waals surface area contributed by atoms with Crippen LogP contribution in [0.1, 0.15) is 33.8 Å². The lowest BCUT2D eigenvalue weighted by Gasteiger charge is -2.33. The smallest absolute Gasteiger partial charge is 0.255 e. The van der Waals surface area contributed by atoms with Crippen LogP contribution >= 0.6 is 11.3 Å². The van der Waals surface area contributed by atoms with Gasteiger partial charge in [0, 0.05) is 30.0 Å². The normalized spacial score (nSPS) is 17.1. The second kappa shape index (κ2) is 5.62. The molecule has 0 bridgehead atoms. The van der Waals surface area contributed by atoms with Crippen LogP contribution in [0.15, 0.2) is 48.5 Å². The molecule has 116 valence electrons. The molecule has 0 unspecified atom stereocenters. The van der Waals surface area contributed by atoms with Crippen molar-refractivity contribution in [1.29, 1.82) is 0 Å². The van der Waals surface area contributed by atoms with E-state index in [-0.39, 0.29) is 11.9 Å². The molecule has 23 heavy (non-hydrogen) atoms. The molecule has 0 N–H and O–H groups in total. The van der Waals surface area contributed by atoms with Gasteiger partial charge in [0.25, 0.3) is 5.91 Å². The number of carbonyl (C=O) groups excluding carboxylic acids is 1. The summed E-state index contributed by atoms with van der Waals surface area (Å²) in [6.07, 6.45) is 7.80. The van der Waals surface area contributed by atoms with Gasteiger partial charge in [0.15, 0.2) is 0 Å². The fourth-order valence-electron chi connectivity index (χ4n) is 3.01. The van der Waals surface area contributed by atoms with Crippen molar-refractivity contribution < 1.29 is 4.79 Å². The zero-order valence-electron chi connectivity index (χ0n) is 12.7. The second-order valence-electron chi connectivity index (χ2n) is 5.60. The van der Waals surface area contributed by atoms with Gasteiger partial charge in [-0.25, -0.2) is 9.97 Å². The van der Waals surface area contributed by atoms with Gasteiger partial charge in [0.05, 0.1) is 11.6 Å². The van der Waals surface area contributed by atoms with Crippen molar-refractivity contribution in [2.45, 2.75) is 19.4 Å². The zero-order chi connectivity index (χ0) is 15.8. The Bertz CT molecular complexity index is 823. The highest BCUT2D eigenvalue weighted by Crippen LogP contribution is 2.33. The highest BCUT2D eigenvalue weighted by Gasteiger charge is 2.29. The third kappa shape index (κ3) is 2.45. The van der Waals surface area contributed by atoms with Gasteiger partial charge in [-0.1, -0.05) is 0 Å². The molecule has 3 aromatic rings. The molecule has 1 atom stereocenters. The molecule has 0 radical (unpaired) electrons. The van der Waals surface area contributed by atoms with Gasteiger partial charge in [-0.3, -0.25) is 9.36 Å². The van der Waals surface area contributed by atoms with Crippen LogP contribution < -0.4 is 0 Å². The third-order valence-corrected chi connectivity index (χ3v) is 5.30. The molecule has 0 fully saturated rings. The Morgan fingerprint density at radius 1 is 1.35 bits per heavy atom. The third-order valence-electron chi connectivity index (χ3n) is 4.30. The Morgan fingerprint density at radius 2 is 2.26 bits per heavy atom. The van der Waals surface area contributed by atoms with E-state index in [2.05, 4.69) is 28.3 Å².